The van der Waals surface area contributed by atoms with Crippen LogP contribution in [-0.2, 0) is 11.2 Å². The first-order chi connectivity index (χ1) is 7.69. The summed E-state index contributed by atoms with van der Waals surface area (Å²) in [4.78, 5) is 10.3. The monoisotopic (exact) mass is 222 g/mol. The molecule has 0 atom stereocenters. The molecule has 4 heteroatoms. The Hall–Kier alpha value is -1.97. The molecule has 0 spiro atoms. The summed E-state index contributed by atoms with van der Waals surface area (Å²) in [6.07, 6.45) is 3.17. The summed E-state index contributed by atoms with van der Waals surface area (Å²) in [7, 11) is 3.12. The zero-order chi connectivity index (χ0) is 12.0. The molecule has 0 heterocycles. The molecule has 0 bridgehead atoms. The molecule has 0 amide bonds. The minimum absolute atomic E-state index is 0.493. The number of hydrogen-bond acceptors (Lipinski definition) is 3. The van der Waals surface area contributed by atoms with Gasteiger partial charge < -0.3 is 14.6 Å². The minimum Gasteiger partial charge on any atom is -0.493 e. The lowest BCUT2D eigenvalue weighted by Crippen LogP contribution is -1.95. The molecule has 0 aliphatic rings. The van der Waals surface area contributed by atoms with Crippen LogP contribution in [-0.4, -0.2) is 25.3 Å². The Morgan fingerprint density at radius 3 is 2.69 bits per heavy atom. The SMILES string of the molecule is COc1cccc(C/C=C/C(=O)O)c1OC. The highest BCUT2D eigenvalue weighted by molar-refractivity contribution is 5.79. The van der Waals surface area contributed by atoms with Gasteiger partial charge in [0.25, 0.3) is 0 Å². The first-order valence-electron chi connectivity index (χ1n) is 4.78. The van der Waals surface area contributed by atoms with Gasteiger partial charge in [0.15, 0.2) is 11.5 Å². The number of hydrogen-bond donors (Lipinski definition) is 1. The highest BCUT2D eigenvalue weighted by Gasteiger charge is 2.07. The van der Waals surface area contributed by atoms with Crippen molar-refractivity contribution in [2.45, 2.75) is 6.42 Å². The molecule has 0 radical (unpaired) electrons. The standard InChI is InChI=1S/C12H14O4/c1-15-10-7-3-5-9(12(10)16-2)6-4-8-11(13)14/h3-5,7-8H,6H2,1-2H3,(H,13,14)/b8-4+. The second kappa shape index (κ2) is 5.80. The van der Waals surface area contributed by atoms with Gasteiger partial charge in [0.2, 0.25) is 0 Å². The molecule has 1 N–H and O–H groups in total. The lowest BCUT2D eigenvalue weighted by atomic mass is 10.1. The Kier molecular flexibility index (Phi) is 4.39. The van der Waals surface area contributed by atoms with E-state index in [9.17, 15) is 4.79 Å². The maximum Gasteiger partial charge on any atom is 0.327 e. The van der Waals surface area contributed by atoms with Gasteiger partial charge in [0.05, 0.1) is 14.2 Å². The van der Waals surface area contributed by atoms with Crippen molar-refractivity contribution in [1.29, 1.82) is 0 Å². The summed E-state index contributed by atoms with van der Waals surface area (Å²) in [5, 5.41) is 8.48. The van der Waals surface area contributed by atoms with Crippen molar-refractivity contribution in [3.05, 3.63) is 35.9 Å². The van der Waals surface area contributed by atoms with E-state index >= 15 is 0 Å². The van der Waals surface area contributed by atoms with Crippen molar-refractivity contribution in [1.82, 2.24) is 0 Å². The molecule has 1 aromatic rings. The van der Waals surface area contributed by atoms with Crippen LogP contribution < -0.4 is 9.47 Å². The fourth-order valence-corrected chi connectivity index (χ4v) is 1.40. The lowest BCUT2D eigenvalue weighted by molar-refractivity contribution is -0.131. The van der Waals surface area contributed by atoms with E-state index < -0.39 is 5.97 Å². The van der Waals surface area contributed by atoms with Gasteiger partial charge in [-0.2, -0.15) is 0 Å². The summed E-state index contributed by atoms with van der Waals surface area (Å²) >= 11 is 0. The number of para-hydroxylation sites is 1. The van der Waals surface area contributed by atoms with E-state index in [1.807, 2.05) is 12.1 Å². The highest BCUT2D eigenvalue weighted by Crippen LogP contribution is 2.30. The molecule has 4 nitrogen and oxygen atoms in total. The number of methoxy groups -OCH3 is 2. The average Bonchev–Trinajstić information content (AvgIpc) is 2.28. The quantitative estimate of drug-likeness (QED) is 0.773. The van der Waals surface area contributed by atoms with Crippen molar-refractivity contribution < 1.29 is 19.4 Å². The lowest BCUT2D eigenvalue weighted by Gasteiger charge is -2.10. The second-order valence-electron chi connectivity index (χ2n) is 3.10. The molecule has 0 unspecified atom stereocenters. The number of rotatable bonds is 5. The largest absolute Gasteiger partial charge is 0.493 e. The molecule has 86 valence electrons. The molecule has 0 fully saturated rings. The minimum atomic E-state index is -0.957. The Morgan fingerprint density at radius 2 is 2.12 bits per heavy atom. The van der Waals surface area contributed by atoms with Gasteiger partial charge in [-0.15, -0.1) is 0 Å². The Bertz CT molecular complexity index is 396. The number of ether oxygens (including phenoxy) is 2. The van der Waals surface area contributed by atoms with Crippen LogP contribution in [0.15, 0.2) is 30.4 Å². The molecule has 16 heavy (non-hydrogen) atoms. The fourth-order valence-electron chi connectivity index (χ4n) is 1.40. The molecule has 1 rings (SSSR count). The topological polar surface area (TPSA) is 55.8 Å². The summed E-state index contributed by atoms with van der Waals surface area (Å²) in [5.74, 6) is 0.325. The number of benzene rings is 1. The smallest absolute Gasteiger partial charge is 0.327 e. The molecule has 0 aliphatic heterocycles. The summed E-state index contributed by atoms with van der Waals surface area (Å²) in [6, 6.07) is 5.50. The molecular weight excluding hydrogens is 208 g/mol. The second-order valence-corrected chi connectivity index (χ2v) is 3.10. The predicted molar refractivity (Wildman–Crippen MR) is 60.0 cm³/mol. The van der Waals surface area contributed by atoms with Crippen molar-refractivity contribution in [2.24, 2.45) is 0 Å². The molecule has 0 aromatic heterocycles. The zero-order valence-corrected chi connectivity index (χ0v) is 9.27. The van der Waals surface area contributed by atoms with Gasteiger partial charge in [-0.25, -0.2) is 4.79 Å². The number of carboxylic acid groups (broad SMARTS) is 1. The molecular formula is C12H14O4. The number of allylic oxidation sites excluding steroid dienone is 1. The van der Waals surface area contributed by atoms with E-state index in [-0.39, 0.29) is 0 Å². The van der Waals surface area contributed by atoms with Crippen LogP contribution >= 0.6 is 0 Å². The van der Waals surface area contributed by atoms with Crippen LogP contribution in [0.2, 0.25) is 0 Å². The van der Waals surface area contributed by atoms with Crippen LogP contribution in [0.1, 0.15) is 5.56 Å². The molecule has 0 saturated heterocycles. The van der Waals surface area contributed by atoms with Gasteiger partial charge in [0.1, 0.15) is 0 Å². The zero-order valence-electron chi connectivity index (χ0n) is 9.27. The highest BCUT2D eigenvalue weighted by atomic mass is 16.5. The maximum absolute atomic E-state index is 10.3. The van der Waals surface area contributed by atoms with Crippen LogP contribution in [0.4, 0.5) is 0 Å². The van der Waals surface area contributed by atoms with Crippen molar-refractivity contribution in [3.8, 4) is 11.5 Å². The Labute approximate surface area is 94.1 Å². The van der Waals surface area contributed by atoms with Crippen LogP contribution in [0, 0.1) is 0 Å². The van der Waals surface area contributed by atoms with Crippen LogP contribution in [0.25, 0.3) is 0 Å². The van der Waals surface area contributed by atoms with Crippen molar-refractivity contribution >= 4 is 5.97 Å². The van der Waals surface area contributed by atoms with Gasteiger partial charge in [0, 0.05) is 11.6 Å². The summed E-state index contributed by atoms with van der Waals surface area (Å²) in [6.45, 7) is 0. The maximum atomic E-state index is 10.3. The van der Waals surface area contributed by atoms with Gasteiger partial charge >= 0.3 is 5.97 Å². The first kappa shape index (κ1) is 12.1. The third kappa shape index (κ3) is 3.02. The van der Waals surface area contributed by atoms with E-state index in [4.69, 9.17) is 14.6 Å². The average molecular weight is 222 g/mol. The number of carbonyl (C=O) groups is 1. The van der Waals surface area contributed by atoms with Crippen molar-refractivity contribution in [3.63, 3.8) is 0 Å². The van der Waals surface area contributed by atoms with Gasteiger partial charge in [-0.1, -0.05) is 18.2 Å². The molecule has 1 aromatic carbocycles. The third-order valence-corrected chi connectivity index (χ3v) is 2.08. The van der Waals surface area contributed by atoms with E-state index in [1.165, 1.54) is 0 Å². The van der Waals surface area contributed by atoms with Gasteiger partial charge in [-0.3, -0.25) is 0 Å². The number of carboxylic acids is 1. The van der Waals surface area contributed by atoms with Crippen LogP contribution in [0.3, 0.4) is 0 Å². The molecule has 0 aliphatic carbocycles. The van der Waals surface area contributed by atoms with E-state index in [2.05, 4.69) is 0 Å². The summed E-state index contributed by atoms with van der Waals surface area (Å²) in [5.41, 5.74) is 0.888. The van der Waals surface area contributed by atoms with E-state index in [1.54, 1.807) is 26.4 Å². The van der Waals surface area contributed by atoms with E-state index in [0.717, 1.165) is 11.6 Å². The van der Waals surface area contributed by atoms with Crippen molar-refractivity contribution in [2.75, 3.05) is 14.2 Å². The molecule has 0 saturated carbocycles. The van der Waals surface area contributed by atoms with Crippen LogP contribution in [0.5, 0.6) is 11.5 Å². The predicted octanol–water partition coefficient (Wildman–Crippen LogP) is 1.89. The first-order valence-corrected chi connectivity index (χ1v) is 4.78. The normalized spacial score (nSPS) is 10.4. The number of aliphatic carboxylic acids is 1. The van der Waals surface area contributed by atoms with Gasteiger partial charge in [-0.05, 0) is 12.5 Å². The summed E-state index contributed by atoms with van der Waals surface area (Å²) < 4.78 is 10.4. The van der Waals surface area contributed by atoms with E-state index in [0.29, 0.717) is 17.9 Å². The fraction of sp³-hybridized carbons (Fsp3) is 0.250. The Balaban J connectivity index is 2.90. The Morgan fingerprint density at radius 1 is 1.38 bits per heavy atom. The third-order valence-electron chi connectivity index (χ3n) is 2.08.